The van der Waals surface area contributed by atoms with Gasteiger partial charge in [0.25, 0.3) is 5.91 Å². The Morgan fingerprint density at radius 3 is 2.55 bits per heavy atom. The third kappa shape index (κ3) is 4.49. The maximum Gasteiger partial charge on any atom is 0.258 e. The maximum absolute atomic E-state index is 12.5. The maximum atomic E-state index is 12.5. The molecule has 0 unspecified atom stereocenters. The lowest BCUT2D eigenvalue weighted by atomic mass is 10.0. The summed E-state index contributed by atoms with van der Waals surface area (Å²) in [5.74, 6) is 1.24. The number of hydrogen-bond acceptors (Lipinski definition) is 5. The molecule has 0 bridgehead atoms. The molecule has 0 spiro atoms. The first-order chi connectivity index (χ1) is 15.1. The number of nitrogens with zero attached hydrogens (tertiary/aromatic N) is 1. The van der Waals surface area contributed by atoms with Crippen molar-refractivity contribution >= 4 is 27.8 Å². The van der Waals surface area contributed by atoms with Gasteiger partial charge in [0.2, 0.25) is 0 Å². The van der Waals surface area contributed by atoms with Crippen LogP contribution in [-0.4, -0.2) is 45.2 Å². The van der Waals surface area contributed by atoms with Crippen LogP contribution in [0.25, 0.3) is 21.9 Å². The van der Waals surface area contributed by atoms with Crippen LogP contribution in [0.15, 0.2) is 71.1 Å². The third-order valence-corrected chi connectivity index (χ3v) is 5.33. The highest BCUT2D eigenvalue weighted by molar-refractivity contribution is 6.05. The number of rotatable bonds is 8. The Morgan fingerprint density at radius 2 is 1.74 bits per heavy atom. The highest BCUT2D eigenvalue weighted by atomic mass is 16.5. The molecule has 1 N–H and O–H groups in total. The van der Waals surface area contributed by atoms with E-state index in [9.17, 15) is 4.79 Å². The minimum atomic E-state index is -0.182. The summed E-state index contributed by atoms with van der Waals surface area (Å²) >= 11 is 0. The minimum Gasteiger partial charge on any atom is -0.496 e. The molecule has 1 aromatic heterocycles. The summed E-state index contributed by atoms with van der Waals surface area (Å²) in [7, 11) is 5.60. The van der Waals surface area contributed by atoms with Gasteiger partial charge in [-0.15, -0.1) is 0 Å². The molecule has 4 rings (SSSR count). The molecular weight excluding hydrogens is 392 g/mol. The van der Waals surface area contributed by atoms with Crippen LogP contribution in [-0.2, 0) is 4.79 Å². The molecule has 6 heteroatoms. The summed E-state index contributed by atoms with van der Waals surface area (Å²) in [6.45, 7) is 0.383. The van der Waals surface area contributed by atoms with Crippen molar-refractivity contribution in [2.75, 3.05) is 34.4 Å². The quantitative estimate of drug-likeness (QED) is 0.460. The van der Waals surface area contributed by atoms with Gasteiger partial charge in [-0.05, 0) is 44.4 Å². The molecule has 4 aromatic rings. The molecule has 0 aliphatic carbocycles. The van der Waals surface area contributed by atoms with Gasteiger partial charge in [-0.3, -0.25) is 4.79 Å². The SMILES string of the molecule is COc1ccccc1[C@H](CNC(=O)COc1ccc2oc3ccccc3c2c1)N(C)C. The van der Waals surface area contributed by atoms with E-state index in [-0.39, 0.29) is 18.6 Å². The van der Waals surface area contributed by atoms with Gasteiger partial charge in [-0.1, -0.05) is 36.4 Å². The Bertz CT molecular complexity index is 1200. The summed E-state index contributed by atoms with van der Waals surface area (Å²) < 4.78 is 17.1. The number of carbonyl (C=O) groups is 1. The van der Waals surface area contributed by atoms with E-state index in [1.54, 1.807) is 7.11 Å². The number of para-hydroxylation sites is 2. The molecule has 0 fully saturated rings. The van der Waals surface area contributed by atoms with E-state index in [0.717, 1.165) is 33.3 Å². The van der Waals surface area contributed by atoms with Crippen LogP contribution in [0.1, 0.15) is 11.6 Å². The molecule has 1 atom stereocenters. The van der Waals surface area contributed by atoms with Gasteiger partial charge in [0.1, 0.15) is 22.7 Å². The van der Waals surface area contributed by atoms with Crippen molar-refractivity contribution in [2.24, 2.45) is 0 Å². The number of fused-ring (bicyclic) bond motifs is 3. The second kappa shape index (κ2) is 9.10. The minimum absolute atomic E-state index is 0.0197. The fraction of sp³-hybridized carbons (Fsp3) is 0.240. The van der Waals surface area contributed by atoms with Crippen molar-refractivity contribution < 1.29 is 18.7 Å². The van der Waals surface area contributed by atoms with Crippen LogP contribution in [0.4, 0.5) is 0 Å². The van der Waals surface area contributed by atoms with E-state index in [2.05, 4.69) is 10.2 Å². The molecule has 3 aromatic carbocycles. The van der Waals surface area contributed by atoms with Gasteiger partial charge in [-0.2, -0.15) is 0 Å². The Kier molecular flexibility index (Phi) is 6.09. The molecule has 160 valence electrons. The number of furan rings is 1. The Morgan fingerprint density at radius 1 is 1.00 bits per heavy atom. The number of methoxy groups -OCH3 is 1. The average Bonchev–Trinajstić information content (AvgIpc) is 3.16. The van der Waals surface area contributed by atoms with Gasteiger partial charge in [0.15, 0.2) is 6.61 Å². The summed E-state index contributed by atoms with van der Waals surface area (Å²) in [6, 6.07) is 21.3. The number of likely N-dealkylation sites (N-methyl/N-ethyl adjacent to an activating group) is 1. The van der Waals surface area contributed by atoms with E-state index < -0.39 is 0 Å². The Labute approximate surface area is 181 Å². The lowest BCUT2D eigenvalue weighted by Gasteiger charge is -2.26. The van der Waals surface area contributed by atoms with Crippen LogP contribution in [0, 0.1) is 0 Å². The van der Waals surface area contributed by atoms with E-state index in [1.165, 1.54) is 0 Å². The van der Waals surface area contributed by atoms with Crippen LogP contribution in [0.3, 0.4) is 0 Å². The zero-order chi connectivity index (χ0) is 21.8. The fourth-order valence-corrected chi connectivity index (χ4v) is 3.72. The smallest absolute Gasteiger partial charge is 0.258 e. The molecule has 1 amide bonds. The topological polar surface area (TPSA) is 63.9 Å². The second-order valence-corrected chi connectivity index (χ2v) is 7.57. The lowest BCUT2D eigenvalue weighted by Crippen LogP contribution is -2.37. The summed E-state index contributed by atoms with van der Waals surface area (Å²) in [5, 5.41) is 4.96. The monoisotopic (exact) mass is 418 g/mol. The van der Waals surface area contributed by atoms with Gasteiger partial charge in [0.05, 0.1) is 13.2 Å². The van der Waals surface area contributed by atoms with Gasteiger partial charge in [0, 0.05) is 22.9 Å². The lowest BCUT2D eigenvalue weighted by molar-refractivity contribution is -0.123. The molecule has 0 aliphatic rings. The molecule has 0 saturated carbocycles. The van der Waals surface area contributed by atoms with Crippen molar-refractivity contribution in [3.05, 3.63) is 72.3 Å². The van der Waals surface area contributed by atoms with Crippen molar-refractivity contribution in [3.8, 4) is 11.5 Å². The van der Waals surface area contributed by atoms with Crippen LogP contribution >= 0.6 is 0 Å². The van der Waals surface area contributed by atoms with Crippen LogP contribution < -0.4 is 14.8 Å². The van der Waals surface area contributed by atoms with E-state index in [0.29, 0.717) is 12.3 Å². The predicted octanol–water partition coefficient (Wildman–Crippen LogP) is 4.39. The summed E-state index contributed by atoms with van der Waals surface area (Å²) in [4.78, 5) is 14.5. The number of nitrogens with one attached hydrogen (secondary N) is 1. The first-order valence-corrected chi connectivity index (χ1v) is 10.2. The largest absolute Gasteiger partial charge is 0.496 e. The number of carbonyl (C=O) groups excluding carboxylic acids is 1. The van der Waals surface area contributed by atoms with Gasteiger partial charge < -0.3 is 24.1 Å². The van der Waals surface area contributed by atoms with Crippen LogP contribution in [0.2, 0.25) is 0 Å². The fourth-order valence-electron chi connectivity index (χ4n) is 3.72. The molecule has 0 saturated heterocycles. The van der Waals surface area contributed by atoms with Gasteiger partial charge >= 0.3 is 0 Å². The van der Waals surface area contributed by atoms with Crippen molar-refractivity contribution in [3.63, 3.8) is 0 Å². The Hall–Kier alpha value is -3.51. The highest BCUT2D eigenvalue weighted by Gasteiger charge is 2.19. The predicted molar refractivity (Wildman–Crippen MR) is 122 cm³/mol. The number of hydrogen-bond donors (Lipinski definition) is 1. The van der Waals surface area contributed by atoms with Crippen molar-refractivity contribution in [1.29, 1.82) is 0 Å². The average molecular weight is 418 g/mol. The van der Waals surface area contributed by atoms with Crippen molar-refractivity contribution in [1.82, 2.24) is 10.2 Å². The molecule has 6 nitrogen and oxygen atoms in total. The van der Waals surface area contributed by atoms with E-state index in [4.69, 9.17) is 13.9 Å². The first-order valence-electron chi connectivity index (χ1n) is 10.2. The first kappa shape index (κ1) is 20.8. The van der Waals surface area contributed by atoms with Gasteiger partial charge in [-0.25, -0.2) is 0 Å². The standard InChI is InChI=1S/C25H26N2O4/c1-27(2)21(19-9-5-6-10-22(19)29-3)15-26-25(28)16-30-17-12-13-24-20(14-17)18-8-4-7-11-23(18)31-24/h4-14,21H,15-16H2,1-3H3,(H,26,28)/t21-/m0/s1. The summed E-state index contributed by atoms with van der Waals surface area (Å²) in [6.07, 6.45) is 0. The molecule has 1 heterocycles. The summed E-state index contributed by atoms with van der Waals surface area (Å²) in [5.41, 5.74) is 2.65. The normalized spacial score (nSPS) is 12.3. The van der Waals surface area contributed by atoms with E-state index >= 15 is 0 Å². The van der Waals surface area contributed by atoms with Crippen molar-refractivity contribution in [2.45, 2.75) is 6.04 Å². The number of benzene rings is 3. The van der Waals surface area contributed by atoms with Crippen LogP contribution in [0.5, 0.6) is 11.5 Å². The second-order valence-electron chi connectivity index (χ2n) is 7.57. The molecule has 31 heavy (non-hydrogen) atoms. The number of amides is 1. The molecular formula is C25H26N2O4. The number of ether oxygens (including phenoxy) is 2. The zero-order valence-electron chi connectivity index (χ0n) is 17.9. The molecule has 0 radical (unpaired) electrons. The highest BCUT2D eigenvalue weighted by Crippen LogP contribution is 2.31. The van der Waals surface area contributed by atoms with E-state index in [1.807, 2.05) is 80.8 Å². The zero-order valence-corrected chi connectivity index (χ0v) is 17.9. The third-order valence-electron chi connectivity index (χ3n) is 5.33. The Balaban J connectivity index is 1.40. The molecule has 0 aliphatic heterocycles.